The lowest BCUT2D eigenvalue weighted by Crippen LogP contribution is -2.49. The Balaban J connectivity index is 2.20. The summed E-state index contributed by atoms with van der Waals surface area (Å²) in [6.07, 6.45) is 1.26. The molecule has 0 aromatic carbocycles. The van der Waals surface area contributed by atoms with Gasteiger partial charge in [-0.3, -0.25) is 0 Å². The normalized spacial score (nSPS) is 34.8. The summed E-state index contributed by atoms with van der Waals surface area (Å²) in [7, 11) is 0. The van der Waals surface area contributed by atoms with Crippen molar-refractivity contribution in [2.45, 2.75) is 24.5 Å². The molecule has 1 saturated carbocycles. The van der Waals surface area contributed by atoms with Gasteiger partial charge in [0.2, 0.25) is 0 Å². The van der Waals surface area contributed by atoms with Crippen molar-refractivity contribution < 1.29 is 5.11 Å². The third-order valence-electron chi connectivity index (χ3n) is 2.07. The lowest BCUT2D eigenvalue weighted by molar-refractivity contribution is -0.0524. The van der Waals surface area contributed by atoms with E-state index in [1.54, 1.807) is 0 Å². The number of rotatable bonds is 1. The van der Waals surface area contributed by atoms with E-state index in [0.29, 0.717) is 12.8 Å². The van der Waals surface area contributed by atoms with Gasteiger partial charge in [0, 0.05) is 11.4 Å². The summed E-state index contributed by atoms with van der Waals surface area (Å²) in [6.45, 7) is 0. The molecular formula is C7H9BrN2OS. The molecule has 1 aromatic heterocycles. The van der Waals surface area contributed by atoms with E-state index in [-0.39, 0.29) is 6.04 Å². The molecule has 1 heterocycles. The highest BCUT2D eigenvalue weighted by atomic mass is 79.9. The molecule has 0 unspecified atom stereocenters. The Hall–Kier alpha value is 0.0300. The van der Waals surface area contributed by atoms with Crippen LogP contribution < -0.4 is 5.73 Å². The molecule has 1 aliphatic carbocycles. The van der Waals surface area contributed by atoms with Crippen LogP contribution in [0.3, 0.4) is 0 Å². The van der Waals surface area contributed by atoms with E-state index in [2.05, 4.69) is 20.9 Å². The topological polar surface area (TPSA) is 59.1 Å². The first-order chi connectivity index (χ1) is 5.60. The Morgan fingerprint density at radius 2 is 2.42 bits per heavy atom. The average molecular weight is 249 g/mol. The van der Waals surface area contributed by atoms with Crippen LogP contribution in [0.2, 0.25) is 0 Å². The largest absolute Gasteiger partial charge is 0.383 e. The van der Waals surface area contributed by atoms with Gasteiger partial charge < -0.3 is 10.8 Å². The van der Waals surface area contributed by atoms with Crippen LogP contribution in [0, 0.1) is 0 Å². The van der Waals surface area contributed by atoms with Gasteiger partial charge in [0.25, 0.3) is 0 Å². The monoisotopic (exact) mass is 248 g/mol. The van der Waals surface area contributed by atoms with Crippen molar-refractivity contribution in [1.29, 1.82) is 0 Å². The molecule has 1 aliphatic rings. The van der Waals surface area contributed by atoms with E-state index < -0.39 is 5.60 Å². The standard InChI is InChI=1S/C7H9BrN2OS/c8-5-3-12-6(10-5)7(11)1-4(9)2-7/h3-4,11H,1-2,9H2. The second-order valence-corrected chi connectivity index (χ2v) is 4.85. The summed E-state index contributed by atoms with van der Waals surface area (Å²) in [5.74, 6) is 0. The molecule has 2 rings (SSSR count). The minimum Gasteiger partial charge on any atom is -0.383 e. The van der Waals surface area contributed by atoms with Gasteiger partial charge in [-0.15, -0.1) is 11.3 Å². The lowest BCUT2D eigenvalue weighted by Gasteiger charge is -2.39. The molecule has 0 saturated heterocycles. The zero-order valence-corrected chi connectivity index (χ0v) is 8.73. The minimum atomic E-state index is -0.740. The lowest BCUT2D eigenvalue weighted by atomic mass is 9.77. The van der Waals surface area contributed by atoms with Crippen LogP contribution in [-0.4, -0.2) is 16.1 Å². The smallest absolute Gasteiger partial charge is 0.126 e. The van der Waals surface area contributed by atoms with Gasteiger partial charge in [0.15, 0.2) is 0 Å². The number of hydrogen-bond donors (Lipinski definition) is 2. The second kappa shape index (κ2) is 2.77. The molecule has 0 radical (unpaired) electrons. The first-order valence-corrected chi connectivity index (χ1v) is 5.37. The molecular weight excluding hydrogens is 240 g/mol. The number of aliphatic hydroxyl groups is 1. The van der Waals surface area contributed by atoms with Gasteiger partial charge in [0.1, 0.15) is 15.2 Å². The number of aromatic nitrogens is 1. The molecule has 0 bridgehead atoms. The van der Waals surface area contributed by atoms with E-state index >= 15 is 0 Å². The number of nitrogens with zero attached hydrogens (tertiary/aromatic N) is 1. The Bertz CT molecular complexity index is 295. The molecule has 0 spiro atoms. The first-order valence-electron chi connectivity index (χ1n) is 3.70. The van der Waals surface area contributed by atoms with Crippen LogP contribution in [0.25, 0.3) is 0 Å². The van der Waals surface area contributed by atoms with Gasteiger partial charge in [0.05, 0.1) is 0 Å². The van der Waals surface area contributed by atoms with Crippen molar-refractivity contribution in [1.82, 2.24) is 4.98 Å². The van der Waals surface area contributed by atoms with E-state index in [0.717, 1.165) is 9.61 Å². The zero-order valence-electron chi connectivity index (χ0n) is 6.33. The predicted molar refractivity (Wildman–Crippen MR) is 50.9 cm³/mol. The highest BCUT2D eigenvalue weighted by molar-refractivity contribution is 9.10. The average Bonchev–Trinajstić information content (AvgIpc) is 2.33. The maximum Gasteiger partial charge on any atom is 0.126 e. The fourth-order valence-corrected chi connectivity index (χ4v) is 2.82. The third-order valence-corrected chi connectivity index (χ3v) is 3.82. The highest BCUT2D eigenvalue weighted by Crippen LogP contribution is 2.41. The Morgan fingerprint density at radius 3 is 2.83 bits per heavy atom. The summed E-state index contributed by atoms with van der Waals surface area (Å²) in [5.41, 5.74) is 4.86. The van der Waals surface area contributed by atoms with E-state index in [1.165, 1.54) is 11.3 Å². The predicted octanol–water partition coefficient (Wildman–Crippen LogP) is 1.21. The minimum absolute atomic E-state index is 0.137. The number of thiazole rings is 1. The molecule has 5 heteroatoms. The van der Waals surface area contributed by atoms with Crippen molar-refractivity contribution in [2.75, 3.05) is 0 Å². The Labute approximate surface area is 82.7 Å². The van der Waals surface area contributed by atoms with Crippen LogP contribution in [0.4, 0.5) is 0 Å². The molecule has 66 valence electrons. The quantitative estimate of drug-likeness (QED) is 0.786. The number of nitrogens with two attached hydrogens (primary N) is 1. The van der Waals surface area contributed by atoms with Crippen LogP contribution in [0.5, 0.6) is 0 Å². The van der Waals surface area contributed by atoms with Crippen LogP contribution in [-0.2, 0) is 5.60 Å². The van der Waals surface area contributed by atoms with Crippen molar-refractivity contribution in [3.05, 3.63) is 15.0 Å². The molecule has 1 fully saturated rings. The van der Waals surface area contributed by atoms with Crippen LogP contribution >= 0.6 is 27.3 Å². The van der Waals surface area contributed by atoms with Crippen molar-refractivity contribution >= 4 is 27.3 Å². The SMILES string of the molecule is NC1CC(O)(c2nc(Br)cs2)C1. The maximum absolute atomic E-state index is 9.91. The number of hydrogen-bond acceptors (Lipinski definition) is 4. The summed E-state index contributed by atoms with van der Waals surface area (Å²) in [4.78, 5) is 4.17. The first kappa shape index (κ1) is 8.62. The third kappa shape index (κ3) is 1.31. The zero-order chi connectivity index (χ0) is 8.77. The Kier molecular flexibility index (Phi) is 1.99. The van der Waals surface area contributed by atoms with Crippen LogP contribution in [0.15, 0.2) is 9.98 Å². The van der Waals surface area contributed by atoms with E-state index in [1.807, 2.05) is 5.38 Å². The van der Waals surface area contributed by atoms with Crippen molar-refractivity contribution in [2.24, 2.45) is 5.73 Å². The van der Waals surface area contributed by atoms with Gasteiger partial charge >= 0.3 is 0 Å². The fraction of sp³-hybridized carbons (Fsp3) is 0.571. The molecule has 0 amide bonds. The Morgan fingerprint density at radius 1 is 1.75 bits per heavy atom. The van der Waals surface area contributed by atoms with Crippen molar-refractivity contribution in [3.8, 4) is 0 Å². The molecule has 0 aliphatic heterocycles. The highest BCUT2D eigenvalue weighted by Gasteiger charge is 2.44. The van der Waals surface area contributed by atoms with E-state index in [4.69, 9.17) is 5.73 Å². The molecule has 12 heavy (non-hydrogen) atoms. The van der Waals surface area contributed by atoms with Gasteiger partial charge in [-0.1, -0.05) is 0 Å². The number of halogens is 1. The van der Waals surface area contributed by atoms with Gasteiger partial charge in [-0.2, -0.15) is 0 Å². The van der Waals surface area contributed by atoms with E-state index in [9.17, 15) is 5.11 Å². The van der Waals surface area contributed by atoms with Crippen molar-refractivity contribution in [3.63, 3.8) is 0 Å². The van der Waals surface area contributed by atoms with Gasteiger partial charge in [-0.05, 0) is 28.8 Å². The van der Waals surface area contributed by atoms with Gasteiger partial charge in [-0.25, -0.2) is 4.98 Å². The summed E-state index contributed by atoms with van der Waals surface area (Å²) in [5, 5.41) is 12.6. The molecule has 3 nitrogen and oxygen atoms in total. The molecule has 0 atom stereocenters. The fourth-order valence-electron chi connectivity index (χ4n) is 1.45. The van der Waals surface area contributed by atoms with Crippen LogP contribution in [0.1, 0.15) is 17.8 Å². The summed E-state index contributed by atoms with van der Waals surface area (Å²) >= 11 is 4.72. The molecule has 3 N–H and O–H groups in total. The maximum atomic E-state index is 9.91. The molecule has 1 aromatic rings. The summed E-state index contributed by atoms with van der Waals surface area (Å²) < 4.78 is 0.788. The second-order valence-electron chi connectivity index (χ2n) is 3.18. The summed E-state index contributed by atoms with van der Waals surface area (Å²) in [6, 6.07) is 0.137.